The third kappa shape index (κ3) is 2.18. The number of H-pyrrole nitrogens is 1. The third-order valence-corrected chi connectivity index (χ3v) is 3.21. The molecule has 0 aliphatic heterocycles. The van der Waals surface area contributed by atoms with E-state index in [1.54, 1.807) is 42.0 Å². The summed E-state index contributed by atoms with van der Waals surface area (Å²) >= 11 is 0. The summed E-state index contributed by atoms with van der Waals surface area (Å²) in [5.41, 5.74) is 1.97. The molecule has 0 amide bonds. The zero-order valence-corrected chi connectivity index (χ0v) is 10.9. The highest BCUT2D eigenvalue weighted by Crippen LogP contribution is 2.19. The number of aromatic amines is 1. The maximum absolute atomic E-state index is 13.2. The molecule has 2 aromatic carbocycles. The number of fused-ring (bicyclic) bond motifs is 1. The van der Waals surface area contributed by atoms with Crippen LogP contribution in [0.1, 0.15) is 5.56 Å². The first-order chi connectivity index (χ1) is 9.67. The van der Waals surface area contributed by atoms with E-state index in [2.05, 4.69) is 4.98 Å². The van der Waals surface area contributed by atoms with Gasteiger partial charge >= 0.3 is 5.69 Å². The molecule has 0 saturated heterocycles. The van der Waals surface area contributed by atoms with Gasteiger partial charge in [-0.1, -0.05) is 12.1 Å². The normalized spacial score (nSPS) is 10.9. The second-order valence-electron chi connectivity index (χ2n) is 4.53. The van der Waals surface area contributed by atoms with Crippen molar-refractivity contribution in [3.63, 3.8) is 0 Å². The number of ether oxygens (including phenoxy) is 1. The molecule has 1 N–H and O–H groups in total. The largest absolute Gasteiger partial charge is 0.497 e. The number of hydrogen-bond donors (Lipinski definition) is 1. The maximum atomic E-state index is 13.2. The van der Waals surface area contributed by atoms with Crippen molar-refractivity contribution in [2.45, 2.75) is 6.54 Å². The van der Waals surface area contributed by atoms with Crippen LogP contribution in [0.4, 0.5) is 4.39 Å². The second kappa shape index (κ2) is 4.85. The van der Waals surface area contributed by atoms with E-state index in [-0.39, 0.29) is 11.5 Å². The van der Waals surface area contributed by atoms with Crippen LogP contribution in [-0.4, -0.2) is 16.7 Å². The topological polar surface area (TPSA) is 47.0 Å². The molecule has 0 fully saturated rings. The number of aromatic nitrogens is 2. The van der Waals surface area contributed by atoms with Gasteiger partial charge in [0.2, 0.25) is 0 Å². The Labute approximate surface area is 114 Å². The van der Waals surface area contributed by atoms with Gasteiger partial charge in [-0.2, -0.15) is 0 Å². The minimum absolute atomic E-state index is 0.225. The average molecular weight is 272 g/mol. The highest BCUT2D eigenvalue weighted by molar-refractivity contribution is 5.77. The molecule has 3 rings (SSSR count). The fraction of sp³-hybridized carbons (Fsp3) is 0.133. The van der Waals surface area contributed by atoms with E-state index in [4.69, 9.17) is 4.74 Å². The molecule has 1 aromatic heterocycles. The van der Waals surface area contributed by atoms with Crippen LogP contribution in [0.2, 0.25) is 0 Å². The van der Waals surface area contributed by atoms with Crippen molar-refractivity contribution < 1.29 is 9.13 Å². The quantitative estimate of drug-likeness (QED) is 0.796. The van der Waals surface area contributed by atoms with Crippen LogP contribution in [0.3, 0.4) is 0 Å². The van der Waals surface area contributed by atoms with Crippen molar-refractivity contribution in [2.75, 3.05) is 7.11 Å². The third-order valence-electron chi connectivity index (χ3n) is 3.21. The lowest BCUT2D eigenvalue weighted by atomic mass is 10.2. The summed E-state index contributed by atoms with van der Waals surface area (Å²) < 4.78 is 19.9. The van der Waals surface area contributed by atoms with E-state index in [0.29, 0.717) is 12.3 Å². The Morgan fingerprint density at radius 2 is 2.10 bits per heavy atom. The smallest absolute Gasteiger partial charge is 0.326 e. The zero-order chi connectivity index (χ0) is 14.1. The van der Waals surface area contributed by atoms with Crippen LogP contribution in [0.5, 0.6) is 5.75 Å². The zero-order valence-electron chi connectivity index (χ0n) is 10.9. The molecule has 0 aliphatic rings. The van der Waals surface area contributed by atoms with Crippen molar-refractivity contribution in [1.29, 1.82) is 0 Å². The average Bonchev–Trinajstić information content (AvgIpc) is 2.74. The lowest BCUT2D eigenvalue weighted by molar-refractivity contribution is 0.415. The molecule has 4 nitrogen and oxygen atoms in total. The molecule has 102 valence electrons. The van der Waals surface area contributed by atoms with Gasteiger partial charge in [0, 0.05) is 6.07 Å². The van der Waals surface area contributed by atoms with E-state index in [0.717, 1.165) is 16.6 Å². The van der Waals surface area contributed by atoms with E-state index in [1.807, 2.05) is 0 Å². The van der Waals surface area contributed by atoms with Gasteiger partial charge in [0.05, 0.1) is 24.7 Å². The fourth-order valence-electron chi connectivity index (χ4n) is 2.23. The molecule has 3 aromatic rings. The Balaban J connectivity index is 2.10. The summed E-state index contributed by atoms with van der Waals surface area (Å²) in [5.74, 6) is 0.359. The molecule has 0 atom stereocenters. The van der Waals surface area contributed by atoms with Crippen molar-refractivity contribution in [3.05, 3.63) is 64.3 Å². The van der Waals surface area contributed by atoms with Crippen molar-refractivity contribution in [2.24, 2.45) is 0 Å². The molecule has 0 unspecified atom stereocenters. The Kier molecular flexibility index (Phi) is 3.02. The van der Waals surface area contributed by atoms with Gasteiger partial charge in [-0.25, -0.2) is 9.18 Å². The van der Waals surface area contributed by atoms with Crippen molar-refractivity contribution >= 4 is 11.0 Å². The molecule has 0 radical (unpaired) electrons. The minimum atomic E-state index is -0.312. The summed E-state index contributed by atoms with van der Waals surface area (Å²) in [5, 5.41) is 0. The molecule has 0 bridgehead atoms. The lowest BCUT2D eigenvalue weighted by Crippen LogP contribution is -2.17. The van der Waals surface area contributed by atoms with Crippen LogP contribution < -0.4 is 10.4 Å². The van der Waals surface area contributed by atoms with Gasteiger partial charge < -0.3 is 9.72 Å². The van der Waals surface area contributed by atoms with E-state index >= 15 is 0 Å². The van der Waals surface area contributed by atoms with Crippen LogP contribution in [0.15, 0.2) is 47.3 Å². The first-order valence-electron chi connectivity index (χ1n) is 6.18. The van der Waals surface area contributed by atoms with Crippen LogP contribution in [0.25, 0.3) is 11.0 Å². The highest BCUT2D eigenvalue weighted by Gasteiger charge is 2.08. The van der Waals surface area contributed by atoms with Crippen LogP contribution >= 0.6 is 0 Å². The number of imidazole rings is 1. The molecule has 1 heterocycles. The molecule has 0 spiro atoms. The van der Waals surface area contributed by atoms with Crippen LogP contribution in [-0.2, 0) is 6.54 Å². The van der Waals surface area contributed by atoms with Gasteiger partial charge in [0.25, 0.3) is 0 Å². The first-order valence-corrected chi connectivity index (χ1v) is 6.18. The van der Waals surface area contributed by atoms with E-state index < -0.39 is 0 Å². The monoisotopic (exact) mass is 272 g/mol. The summed E-state index contributed by atoms with van der Waals surface area (Å²) in [4.78, 5) is 14.8. The molecular formula is C15H13FN2O2. The Morgan fingerprint density at radius 3 is 2.85 bits per heavy atom. The number of methoxy groups -OCH3 is 1. The maximum Gasteiger partial charge on any atom is 0.326 e. The molecule has 20 heavy (non-hydrogen) atoms. The Bertz CT molecular complexity index is 820. The highest BCUT2D eigenvalue weighted by atomic mass is 19.1. The Hall–Kier alpha value is -2.56. The number of nitrogens with one attached hydrogen (secondary N) is 1. The SMILES string of the molecule is COc1ccc2[nH]c(=O)n(Cc3cccc(F)c3)c2c1. The van der Waals surface area contributed by atoms with Gasteiger partial charge in [0.1, 0.15) is 11.6 Å². The molecular weight excluding hydrogens is 259 g/mol. The lowest BCUT2D eigenvalue weighted by Gasteiger charge is -2.05. The molecule has 0 aliphatic carbocycles. The predicted octanol–water partition coefficient (Wildman–Crippen LogP) is 2.53. The van der Waals surface area contributed by atoms with Crippen molar-refractivity contribution in [1.82, 2.24) is 9.55 Å². The summed E-state index contributed by atoms with van der Waals surface area (Å²) in [7, 11) is 1.57. The molecule has 0 saturated carbocycles. The summed E-state index contributed by atoms with van der Waals surface area (Å²) in [6.45, 7) is 0.309. The van der Waals surface area contributed by atoms with Gasteiger partial charge in [-0.3, -0.25) is 4.57 Å². The molecule has 5 heteroatoms. The first kappa shape index (κ1) is 12.5. The number of hydrogen-bond acceptors (Lipinski definition) is 2. The van der Waals surface area contributed by atoms with Crippen LogP contribution in [0, 0.1) is 5.82 Å². The predicted molar refractivity (Wildman–Crippen MR) is 74.6 cm³/mol. The second-order valence-corrected chi connectivity index (χ2v) is 4.53. The van der Waals surface area contributed by atoms with Gasteiger partial charge in [-0.15, -0.1) is 0 Å². The van der Waals surface area contributed by atoms with Gasteiger partial charge in [0.15, 0.2) is 0 Å². The van der Waals surface area contributed by atoms with E-state index in [1.165, 1.54) is 12.1 Å². The number of rotatable bonds is 3. The fourth-order valence-corrected chi connectivity index (χ4v) is 2.23. The summed E-state index contributed by atoms with van der Waals surface area (Å²) in [6.07, 6.45) is 0. The van der Waals surface area contributed by atoms with Gasteiger partial charge in [-0.05, 0) is 29.8 Å². The van der Waals surface area contributed by atoms with E-state index in [9.17, 15) is 9.18 Å². The van der Waals surface area contributed by atoms with Crippen molar-refractivity contribution in [3.8, 4) is 5.75 Å². The number of halogens is 1. The Morgan fingerprint density at radius 1 is 1.25 bits per heavy atom. The number of nitrogens with zero attached hydrogens (tertiary/aromatic N) is 1. The standard InChI is InChI=1S/C15H13FN2O2/c1-20-12-5-6-13-14(8-12)18(15(19)17-13)9-10-3-2-4-11(16)7-10/h2-8H,9H2,1H3,(H,17,19). The minimum Gasteiger partial charge on any atom is -0.497 e. The summed E-state index contributed by atoms with van der Waals surface area (Å²) in [6, 6.07) is 11.6. The number of benzene rings is 2.